The molecule has 0 bridgehead atoms. The van der Waals surface area contributed by atoms with Crippen LogP contribution >= 0.6 is 0 Å². The summed E-state index contributed by atoms with van der Waals surface area (Å²) in [5.41, 5.74) is 2.62. The molecule has 94 valence electrons. The maximum Gasteiger partial charge on any atom is 0.118 e. The average Bonchev–Trinajstić information content (AvgIpc) is 2.46. The topological polar surface area (TPSA) is 21.3 Å². The molecule has 0 heterocycles. The lowest BCUT2D eigenvalue weighted by molar-refractivity contribution is 0.414. The predicted molar refractivity (Wildman–Crippen MR) is 74.9 cm³/mol. The second-order valence-corrected chi connectivity index (χ2v) is 4.30. The van der Waals surface area contributed by atoms with Crippen LogP contribution in [-0.4, -0.2) is 14.2 Å². The quantitative estimate of drug-likeness (QED) is 0.868. The molecule has 0 spiro atoms. The Bertz CT molecular complexity index is 464. The van der Waals surface area contributed by atoms with Gasteiger partial charge in [0.15, 0.2) is 0 Å². The maximum atomic E-state index is 5.17. The van der Waals surface area contributed by atoms with Gasteiger partial charge in [0.1, 0.15) is 5.75 Å². The van der Waals surface area contributed by atoms with E-state index in [4.69, 9.17) is 4.74 Å². The summed E-state index contributed by atoms with van der Waals surface area (Å²) < 4.78 is 5.17. The van der Waals surface area contributed by atoms with E-state index in [1.807, 2.05) is 25.2 Å². The third-order valence-corrected chi connectivity index (χ3v) is 3.15. The van der Waals surface area contributed by atoms with Crippen molar-refractivity contribution in [1.82, 2.24) is 5.32 Å². The summed E-state index contributed by atoms with van der Waals surface area (Å²) in [5, 5.41) is 3.36. The van der Waals surface area contributed by atoms with Crippen molar-refractivity contribution in [2.45, 2.75) is 12.5 Å². The van der Waals surface area contributed by atoms with Crippen molar-refractivity contribution in [3.05, 3.63) is 65.7 Å². The molecule has 0 fully saturated rings. The average molecular weight is 241 g/mol. The number of nitrogens with one attached hydrogen (secondary N) is 1. The number of hydrogen-bond donors (Lipinski definition) is 1. The first-order valence-electron chi connectivity index (χ1n) is 6.18. The predicted octanol–water partition coefficient (Wildman–Crippen LogP) is 3.20. The molecule has 2 rings (SSSR count). The van der Waals surface area contributed by atoms with Crippen LogP contribution in [0.15, 0.2) is 54.6 Å². The minimum Gasteiger partial charge on any atom is -0.497 e. The molecule has 18 heavy (non-hydrogen) atoms. The summed E-state index contributed by atoms with van der Waals surface area (Å²) in [7, 11) is 3.69. The van der Waals surface area contributed by atoms with Gasteiger partial charge in [-0.1, -0.05) is 42.5 Å². The van der Waals surface area contributed by atoms with Crippen molar-refractivity contribution >= 4 is 0 Å². The van der Waals surface area contributed by atoms with E-state index in [2.05, 4.69) is 41.7 Å². The standard InChI is InChI=1S/C16H19NO/c1-17-16(14-6-4-3-5-7-14)12-13-8-10-15(18-2)11-9-13/h3-11,16-17H,12H2,1-2H3/t16-/m0/s1. The van der Waals surface area contributed by atoms with Crippen LogP contribution in [0.2, 0.25) is 0 Å². The van der Waals surface area contributed by atoms with E-state index in [-0.39, 0.29) is 0 Å². The Morgan fingerprint density at radius 2 is 1.67 bits per heavy atom. The van der Waals surface area contributed by atoms with Crippen LogP contribution in [0.4, 0.5) is 0 Å². The first kappa shape index (κ1) is 12.7. The summed E-state index contributed by atoms with van der Waals surface area (Å²) in [5.74, 6) is 0.902. The lowest BCUT2D eigenvalue weighted by atomic mass is 9.99. The Morgan fingerprint density at radius 3 is 2.22 bits per heavy atom. The fraction of sp³-hybridized carbons (Fsp3) is 0.250. The number of benzene rings is 2. The lowest BCUT2D eigenvalue weighted by Crippen LogP contribution is -2.18. The molecular formula is C16H19NO. The van der Waals surface area contributed by atoms with E-state index in [0.29, 0.717) is 6.04 Å². The number of rotatable bonds is 5. The highest BCUT2D eigenvalue weighted by Crippen LogP contribution is 2.19. The van der Waals surface area contributed by atoms with Gasteiger partial charge in [-0.05, 0) is 36.7 Å². The molecule has 0 aliphatic heterocycles. The third-order valence-electron chi connectivity index (χ3n) is 3.15. The molecule has 2 aromatic carbocycles. The SMILES string of the molecule is CN[C@@H](Cc1ccc(OC)cc1)c1ccccc1. The Balaban J connectivity index is 2.10. The molecule has 1 atom stereocenters. The maximum absolute atomic E-state index is 5.17. The summed E-state index contributed by atoms with van der Waals surface area (Å²) in [6, 6.07) is 19.1. The Morgan fingerprint density at radius 1 is 1.00 bits per heavy atom. The molecule has 0 aromatic heterocycles. The van der Waals surface area contributed by atoms with Gasteiger partial charge in [0.05, 0.1) is 7.11 Å². The van der Waals surface area contributed by atoms with E-state index in [9.17, 15) is 0 Å². The normalized spacial score (nSPS) is 12.1. The van der Waals surface area contributed by atoms with Gasteiger partial charge in [-0.3, -0.25) is 0 Å². The zero-order valence-electron chi connectivity index (χ0n) is 10.9. The highest BCUT2D eigenvalue weighted by molar-refractivity contribution is 5.29. The zero-order valence-corrected chi connectivity index (χ0v) is 10.9. The van der Waals surface area contributed by atoms with Gasteiger partial charge < -0.3 is 10.1 Å². The van der Waals surface area contributed by atoms with E-state index < -0.39 is 0 Å². The fourth-order valence-electron chi connectivity index (χ4n) is 2.07. The van der Waals surface area contributed by atoms with E-state index >= 15 is 0 Å². The van der Waals surface area contributed by atoms with Gasteiger partial charge >= 0.3 is 0 Å². The molecule has 0 radical (unpaired) electrons. The van der Waals surface area contributed by atoms with Crippen LogP contribution < -0.4 is 10.1 Å². The van der Waals surface area contributed by atoms with Crippen LogP contribution in [0, 0.1) is 0 Å². The molecule has 1 N–H and O–H groups in total. The molecule has 0 saturated heterocycles. The first-order chi connectivity index (χ1) is 8.83. The Hall–Kier alpha value is -1.80. The van der Waals surface area contributed by atoms with Gasteiger partial charge in [-0.2, -0.15) is 0 Å². The highest BCUT2D eigenvalue weighted by atomic mass is 16.5. The van der Waals surface area contributed by atoms with E-state index in [1.54, 1.807) is 7.11 Å². The van der Waals surface area contributed by atoms with Crippen LogP contribution in [-0.2, 0) is 6.42 Å². The van der Waals surface area contributed by atoms with Crippen molar-refractivity contribution in [2.24, 2.45) is 0 Å². The number of likely N-dealkylation sites (N-methyl/N-ethyl adjacent to an activating group) is 1. The van der Waals surface area contributed by atoms with Crippen molar-refractivity contribution in [3.63, 3.8) is 0 Å². The molecule has 0 aliphatic rings. The third kappa shape index (κ3) is 3.11. The monoisotopic (exact) mass is 241 g/mol. The van der Waals surface area contributed by atoms with Crippen molar-refractivity contribution in [3.8, 4) is 5.75 Å². The van der Waals surface area contributed by atoms with Crippen molar-refractivity contribution in [1.29, 1.82) is 0 Å². The summed E-state index contributed by atoms with van der Waals surface area (Å²) in [4.78, 5) is 0. The van der Waals surface area contributed by atoms with Crippen LogP contribution in [0.3, 0.4) is 0 Å². The summed E-state index contributed by atoms with van der Waals surface area (Å²) >= 11 is 0. The van der Waals surface area contributed by atoms with E-state index in [1.165, 1.54) is 11.1 Å². The fourth-order valence-corrected chi connectivity index (χ4v) is 2.07. The van der Waals surface area contributed by atoms with Gasteiger partial charge in [0.2, 0.25) is 0 Å². The van der Waals surface area contributed by atoms with Crippen LogP contribution in [0.1, 0.15) is 17.2 Å². The van der Waals surface area contributed by atoms with E-state index in [0.717, 1.165) is 12.2 Å². The minimum absolute atomic E-state index is 0.347. The molecule has 0 amide bonds. The molecule has 0 unspecified atom stereocenters. The van der Waals surface area contributed by atoms with Gasteiger partial charge in [0.25, 0.3) is 0 Å². The second kappa shape index (κ2) is 6.22. The number of methoxy groups -OCH3 is 1. The van der Waals surface area contributed by atoms with Crippen LogP contribution in [0.25, 0.3) is 0 Å². The molecule has 2 heteroatoms. The number of hydrogen-bond acceptors (Lipinski definition) is 2. The smallest absolute Gasteiger partial charge is 0.118 e. The second-order valence-electron chi connectivity index (χ2n) is 4.30. The van der Waals surface area contributed by atoms with Crippen molar-refractivity contribution < 1.29 is 4.74 Å². The molecule has 0 saturated carbocycles. The van der Waals surface area contributed by atoms with Gasteiger partial charge in [-0.15, -0.1) is 0 Å². The van der Waals surface area contributed by atoms with Crippen LogP contribution in [0.5, 0.6) is 5.75 Å². The van der Waals surface area contributed by atoms with Gasteiger partial charge in [-0.25, -0.2) is 0 Å². The molecule has 2 aromatic rings. The minimum atomic E-state index is 0.347. The molecule has 0 aliphatic carbocycles. The highest BCUT2D eigenvalue weighted by Gasteiger charge is 2.09. The lowest BCUT2D eigenvalue weighted by Gasteiger charge is -2.16. The van der Waals surface area contributed by atoms with Gasteiger partial charge in [0, 0.05) is 6.04 Å². The molecular weight excluding hydrogens is 222 g/mol. The molecule has 2 nitrogen and oxygen atoms in total. The largest absolute Gasteiger partial charge is 0.497 e. The Labute approximate surface area is 109 Å². The Kier molecular flexibility index (Phi) is 4.37. The first-order valence-corrected chi connectivity index (χ1v) is 6.18. The summed E-state index contributed by atoms with van der Waals surface area (Å²) in [6.07, 6.45) is 0.977. The summed E-state index contributed by atoms with van der Waals surface area (Å²) in [6.45, 7) is 0. The zero-order chi connectivity index (χ0) is 12.8. The number of ether oxygens (including phenoxy) is 1. The van der Waals surface area contributed by atoms with Crippen molar-refractivity contribution in [2.75, 3.05) is 14.2 Å².